The van der Waals surface area contributed by atoms with Crippen LogP contribution in [-0.2, 0) is 4.79 Å². The fraction of sp³-hybridized carbons (Fsp3) is 0.625. The molecule has 0 spiro atoms. The first kappa shape index (κ1) is 10.8. The van der Waals surface area contributed by atoms with E-state index in [4.69, 9.17) is 5.73 Å². The molecule has 70 valence electrons. The zero-order valence-electron chi connectivity index (χ0n) is 7.87. The summed E-state index contributed by atoms with van der Waals surface area (Å²) in [5, 5.41) is 2.59. The van der Waals surface area contributed by atoms with Gasteiger partial charge < -0.3 is 16.0 Å². The van der Waals surface area contributed by atoms with Gasteiger partial charge in [0, 0.05) is 33.0 Å². The standard InChI is InChI=1S/C8H17N3O/c1-7(8(12)10-2)6-11(3)5-4-9/h4-5,7H,6,9H2,1-3H3,(H,10,12)/b5-4-. The predicted octanol–water partition coefficient (Wildman–Crippen LogP) is -0.270. The smallest absolute Gasteiger partial charge is 0.224 e. The molecule has 12 heavy (non-hydrogen) atoms. The molecule has 1 amide bonds. The normalized spacial score (nSPS) is 12.9. The van der Waals surface area contributed by atoms with Crippen LogP contribution >= 0.6 is 0 Å². The van der Waals surface area contributed by atoms with Crippen molar-refractivity contribution in [3.8, 4) is 0 Å². The van der Waals surface area contributed by atoms with E-state index >= 15 is 0 Å². The van der Waals surface area contributed by atoms with Crippen molar-refractivity contribution in [1.82, 2.24) is 10.2 Å². The summed E-state index contributed by atoms with van der Waals surface area (Å²) in [6, 6.07) is 0. The van der Waals surface area contributed by atoms with Crippen LogP contribution in [0, 0.1) is 5.92 Å². The van der Waals surface area contributed by atoms with E-state index in [2.05, 4.69) is 5.32 Å². The molecule has 0 aromatic carbocycles. The van der Waals surface area contributed by atoms with Gasteiger partial charge in [0.2, 0.25) is 5.91 Å². The number of nitrogens with two attached hydrogens (primary N) is 1. The van der Waals surface area contributed by atoms with E-state index in [9.17, 15) is 4.79 Å². The van der Waals surface area contributed by atoms with Crippen molar-refractivity contribution in [2.45, 2.75) is 6.92 Å². The molecule has 4 nitrogen and oxygen atoms in total. The monoisotopic (exact) mass is 171 g/mol. The van der Waals surface area contributed by atoms with Gasteiger partial charge in [0.1, 0.15) is 0 Å². The second kappa shape index (κ2) is 5.46. The number of amides is 1. The minimum Gasteiger partial charge on any atom is -0.403 e. The summed E-state index contributed by atoms with van der Waals surface area (Å²) in [6.45, 7) is 2.55. The van der Waals surface area contributed by atoms with Crippen molar-refractivity contribution in [1.29, 1.82) is 0 Å². The van der Waals surface area contributed by atoms with Crippen molar-refractivity contribution >= 4 is 5.91 Å². The lowest BCUT2D eigenvalue weighted by Crippen LogP contribution is -2.32. The average Bonchev–Trinajstić information content (AvgIpc) is 2.03. The van der Waals surface area contributed by atoms with Crippen LogP contribution in [0.1, 0.15) is 6.92 Å². The van der Waals surface area contributed by atoms with Gasteiger partial charge in [-0.1, -0.05) is 6.92 Å². The Morgan fingerprint density at radius 2 is 2.33 bits per heavy atom. The second-order valence-electron chi connectivity index (χ2n) is 2.80. The van der Waals surface area contributed by atoms with Crippen molar-refractivity contribution < 1.29 is 4.79 Å². The van der Waals surface area contributed by atoms with Crippen LogP contribution in [0.5, 0.6) is 0 Å². The van der Waals surface area contributed by atoms with E-state index in [1.165, 1.54) is 6.20 Å². The minimum atomic E-state index is -0.0174. The molecule has 4 heteroatoms. The first-order valence-electron chi connectivity index (χ1n) is 3.92. The van der Waals surface area contributed by atoms with E-state index in [1.54, 1.807) is 13.2 Å². The first-order valence-corrected chi connectivity index (χ1v) is 3.92. The maximum absolute atomic E-state index is 11.1. The highest BCUT2D eigenvalue weighted by Crippen LogP contribution is 1.97. The van der Waals surface area contributed by atoms with Gasteiger partial charge in [-0.15, -0.1) is 0 Å². The summed E-state index contributed by atoms with van der Waals surface area (Å²) >= 11 is 0. The van der Waals surface area contributed by atoms with E-state index in [-0.39, 0.29) is 11.8 Å². The summed E-state index contributed by atoms with van der Waals surface area (Å²) in [7, 11) is 3.51. The van der Waals surface area contributed by atoms with Crippen LogP contribution in [0.3, 0.4) is 0 Å². The molecule has 1 unspecified atom stereocenters. The van der Waals surface area contributed by atoms with Gasteiger partial charge in [-0.2, -0.15) is 0 Å². The van der Waals surface area contributed by atoms with Gasteiger partial charge in [0.05, 0.1) is 5.92 Å². The van der Waals surface area contributed by atoms with Crippen LogP contribution < -0.4 is 11.1 Å². The lowest BCUT2D eigenvalue weighted by Gasteiger charge is -2.17. The molecule has 1 atom stereocenters. The molecule has 0 aromatic heterocycles. The molecule has 0 radical (unpaired) electrons. The van der Waals surface area contributed by atoms with E-state index in [0.717, 1.165) is 0 Å². The molecular weight excluding hydrogens is 154 g/mol. The Kier molecular flexibility index (Phi) is 4.92. The lowest BCUT2D eigenvalue weighted by atomic mass is 10.1. The molecule has 0 bridgehead atoms. The Balaban J connectivity index is 3.83. The van der Waals surface area contributed by atoms with Crippen molar-refractivity contribution in [3.05, 3.63) is 12.4 Å². The number of nitrogens with one attached hydrogen (secondary N) is 1. The first-order chi connectivity index (χ1) is 5.61. The van der Waals surface area contributed by atoms with Crippen molar-refractivity contribution in [3.63, 3.8) is 0 Å². The van der Waals surface area contributed by atoms with Gasteiger partial charge >= 0.3 is 0 Å². The highest BCUT2D eigenvalue weighted by molar-refractivity contribution is 5.78. The van der Waals surface area contributed by atoms with E-state index in [0.29, 0.717) is 6.54 Å². The molecule has 3 N–H and O–H groups in total. The highest BCUT2D eigenvalue weighted by atomic mass is 16.1. The summed E-state index contributed by atoms with van der Waals surface area (Å²) in [6.07, 6.45) is 3.19. The summed E-state index contributed by atoms with van der Waals surface area (Å²) in [5.41, 5.74) is 5.19. The predicted molar refractivity (Wildman–Crippen MR) is 49.2 cm³/mol. The zero-order valence-corrected chi connectivity index (χ0v) is 7.87. The number of carbonyl (C=O) groups excluding carboxylic acids is 1. The largest absolute Gasteiger partial charge is 0.403 e. The summed E-state index contributed by atoms with van der Waals surface area (Å²) < 4.78 is 0. The topological polar surface area (TPSA) is 58.4 Å². The third kappa shape index (κ3) is 3.85. The number of carbonyl (C=O) groups is 1. The molecule has 0 aliphatic heterocycles. The molecule has 0 aromatic rings. The van der Waals surface area contributed by atoms with Gasteiger partial charge in [-0.25, -0.2) is 0 Å². The Bertz CT molecular complexity index is 168. The molecule has 0 saturated carbocycles. The third-order valence-corrected chi connectivity index (χ3v) is 1.60. The Morgan fingerprint density at radius 1 is 1.75 bits per heavy atom. The SMILES string of the molecule is CNC(=O)C(C)CN(C)/C=C\N. The minimum absolute atomic E-state index is 0.0174. The van der Waals surface area contributed by atoms with Crippen molar-refractivity contribution in [2.24, 2.45) is 11.7 Å². The maximum atomic E-state index is 11.1. The van der Waals surface area contributed by atoms with Gasteiger partial charge in [-0.3, -0.25) is 4.79 Å². The highest BCUT2D eigenvalue weighted by Gasteiger charge is 2.11. The molecular formula is C8H17N3O. The third-order valence-electron chi connectivity index (χ3n) is 1.60. The quantitative estimate of drug-likeness (QED) is 0.612. The Hall–Kier alpha value is -1.19. The van der Waals surface area contributed by atoms with Gasteiger partial charge in [-0.05, 0) is 0 Å². The number of hydrogen-bond acceptors (Lipinski definition) is 3. The summed E-state index contributed by atoms with van der Waals surface area (Å²) in [4.78, 5) is 12.9. The van der Waals surface area contributed by atoms with Crippen LogP contribution in [0.25, 0.3) is 0 Å². The van der Waals surface area contributed by atoms with E-state index in [1.807, 2.05) is 18.9 Å². The Morgan fingerprint density at radius 3 is 2.75 bits per heavy atom. The zero-order chi connectivity index (χ0) is 9.56. The number of hydrogen-bond donors (Lipinski definition) is 2. The molecule has 0 saturated heterocycles. The maximum Gasteiger partial charge on any atom is 0.224 e. The molecule has 0 fully saturated rings. The Labute approximate surface area is 73.4 Å². The lowest BCUT2D eigenvalue weighted by molar-refractivity contribution is -0.124. The molecule has 0 aliphatic rings. The van der Waals surface area contributed by atoms with Gasteiger partial charge in [0.25, 0.3) is 0 Å². The van der Waals surface area contributed by atoms with Crippen LogP contribution in [-0.4, -0.2) is 31.4 Å². The molecule has 0 aliphatic carbocycles. The van der Waals surface area contributed by atoms with Crippen LogP contribution in [0.4, 0.5) is 0 Å². The fourth-order valence-corrected chi connectivity index (χ4v) is 0.969. The molecule has 0 heterocycles. The van der Waals surface area contributed by atoms with E-state index < -0.39 is 0 Å². The van der Waals surface area contributed by atoms with Gasteiger partial charge in [0.15, 0.2) is 0 Å². The number of rotatable bonds is 4. The number of nitrogens with zero attached hydrogens (tertiary/aromatic N) is 1. The summed E-state index contributed by atoms with van der Waals surface area (Å²) in [5.74, 6) is 0.0310. The molecule has 0 rings (SSSR count). The van der Waals surface area contributed by atoms with Crippen molar-refractivity contribution in [2.75, 3.05) is 20.6 Å². The van der Waals surface area contributed by atoms with Crippen LogP contribution in [0.2, 0.25) is 0 Å². The van der Waals surface area contributed by atoms with Crippen LogP contribution in [0.15, 0.2) is 12.4 Å². The fourth-order valence-electron chi connectivity index (χ4n) is 0.969. The average molecular weight is 171 g/mol. The second-order valence-corrected chi connectivity index (χ2v) is 2.80.